The summed E-state index contributed by atoms with van der Waals surface area (Å²) >= 11 is 0. The first-order chi connectivity index (χ1) is 21.3. The van der Waals surface area contributed by atoms with Crippen LogP contribution in [0.5, 0.6) is 11.5 Å². The van der Waals surface area contributed by atoms with Crippen molar-refractivity contribution in [3.8, 4) is 11.5 Å². The van der Waals surface area contributed by atoms with E-state index in [0.29, 0.717) is 5.39 Å². The number of rotatable bonds is 9. The van der Waals surface area contributed by atoms with Gasteiger partial charge in [-0.2, -0.15) is 27.1 Å². The Morgan fingerprint density at radius 2 is 1.42 bits per heavy atom. The maximum atomic E-state index is 12.1. The van der Waals surface area contributed by atoms with Crippen molar-refractivity contribution in [2.45, 2.75) is 29.7 Å². The molecule has 0 bridgehead atoms. The van der Waals surface area contributed by atoms with Crippen LogP contribution in [-0.4, -0.2) is 43.3 Å². The van der Waals surface area contributed by atoms with Gasteiger partial charge in [-0.05, 0) is 47.7 Å². The molecule has 13 nitrogen and oxygen atoms in total. The summed E-state index contributed by atoms with van der Waals surface area (Å²) in [6.07, 6.45) is 0.851. The van der Waals surface area contributed by atoms with Gasteiger partial charge in [0.05, 0.1) is 25.1 Å². The molecule has 5 rings (SSSR count). The highest BCUT2D eigenvalue weighted by Gasteiger charge is 2.21. The molecule has 0 heterocycles. The van der Waals surface area contributed by atoms with Crippen molar-refractivity contribution in [1.29, 1.82) is 0 Å². The molecule has 232 valence electrons. The summed E-state index contributed by atoms with van der Waals surface area (Å²) in [4.78, 5) is -1.25. The molecule has 0 saturated carbocycles. The van der Waals surface area contributed by atoms with E-state index in [9.17, 15) is 36.2 Å². The molecule has 0 atom stereocenters. The first-order valence-electron chi connectivity index (χ1n) is 13.3. The third kappa shape index (κ3) is 6.52. The number of hydrogen-bond acceptors (Lipinski definition) is 11. The van der Waals surface area contributed by atoms with Crippen LogP contribution in [0.3, 0.4) is 0 Å². The van der Waals surface area contributed by atoms with Gasteiger partial charge in [0.2, 0.25) is 0 Å². The Hall–Kier alpha value is -4.80. The lowest BCUT2D eigenvalue weighted by atomic mass is 10.0. The fourth-order valence-corrected chi connectivity index (χ4v) is 6.16. The lowest BCUT2D eigenvalue weighted by Crippen LogP contribution is -2.03. The number of aryl methyl sites for hydroxylation is 1. The average molecular weight is 651 g/mol. The molecule has 0 saturated heterocycles. The van der Waals surface area contributed by atoms with Gasteiger partial charge in [-0.25, -0.2) is 0 Å². The summed E-state index contributed by atoms with van der Waals surface area (Å²) in [6.45, 7) is 1.51. The molecule has 0 aromatic heterocycles. The lowest BCUT2D eigenvalue weighted by molar-refractivity contribution is 0.282. The third-order valence-electron chi connectivity index (χ3n) is 6.99. The van der Waals surface area contributed by atoms with Crippen molar-refractivity contribution in [3.05, 3.63) is 83.9 Å². The maximum Gasteiger partial charge on any atom is 0.295 e. The number of benzene rings is 5. The summed E-state index contributed by atoms with van der Waals surface area (Å²) in [5.74, 6) is 0.117. The van der Waals surface area contributed by atoms with Gasteiger partial charge in [0.1, 0.15) is 26.9 Å². The first kappa shape index (κ1) is 31.6. The standard InChI is InChI=1S/C30H26N4O9S2/c1-3-17-7-9-21-18(11-17)8-10-24(30(21)36)32-34-26-12-19(16-35)25(15-27(26)43-2)33-31-20-13-23-22(29(14-20)45(40,41)42)5-4-6-28(23)44(37,38)39/h4-15,35-36H,3,16H2,1-2H3,(H,37,38,39)(H,40,41,42). The summed E-state index contributed by atoms with van der Waals surface area (Å²) in [5.41, 5.74) is 1.65. The minimum atomic E-state index is -4.85. The first-order valence-corrected chi connectivity index (χ1v) is 16.1. The van der Waals surface area contributed by atoms with Crippen LogP contribution in [0.15, 0.2) is 103 Å². The number of fused-ring (bicyclic) bond motifs is 2. The number of azo groups is 2. The molecule has 5 aromatic carbocycles. The fourth-order valence-electron chi connectivity index (χ4n) is 4.74. The largest absolute Gasteiger partial charge is 0.505 e. The maximum absolute atomic E-state index is 12.1. The van der Waals surface area contributed by atoms with E-state index in [0.717, 1.165) is 29.5 Å². The van der Waals surface area contributed by atoms with Crippen molar-refractivity contribution in [1.82, 2.24) is 0 Å². The Kier molecular flexibility index (Phi) is 8.64. The molecule has 0 aliphatic rings. The molecule has 0 radical (unpaired) electrons. The smallest absolute Gasteiger partial charge is 0.295 e. The summed E-state index contributed by atoms with van der Waals surface area (Å²) in [5, 5.41) is 38.4. The lowest BCUT2D eigenvalue weighted by Gasteiger charge is -2.10. The normalized spacial score (nSPS) is 12.6. The van der Waals surface area contributed by atoms with Gasteiger partial charge in [-0.3, -0.25) is 9.11 Å². The van der Waals surface area contributed by atoms with Crippen LogP contribution < -0.4 is 4.74 Å². The van der Waals surface area contributed by atoms with Gasteiger partial charge in [0, 0.05) is 27.8 Å². The Labute approximate surface area is 257 Å². The Bertz CT molecular complexity index is 2250. The molecule has 0 spiro atoms. The van der Waals surface area contributed by atoms with Gasteiger partial charge in [-0.1, -0.05) is 43.3 Å². The predicted molar refractivity (Wildman–Crippen MR) is 166 cm³/mol. The molecular formula is C30H26N4O9S2. The van der Waals surface area contributed by atoms with Crippen molar-refractivity contribution in [2.24, 2.45) is 20.5 Å². The number of aliphatic hydroxyl groups excluding tert-OH is 1. The van der Waals surface area contributed by atoms with Gasteiger partial charge in [0.15, 0.2) is 5.75 Å². The summed E-state index contributed by atoms with van der Waals surface area (Å²) < 4.78 is 73.0. The van der Waals surface area contributed by atoms with Crippen molar-refractivity contribution < 1.29 is 40.9 Å². The molecule has 15 heteroatoms. The number of aliphatic hydroxyl groups is 1. The van der Waals surface area contributed by atoms with E-state index in [1.54, 1.807) is 6.07 Å². The van der Waals surface area contributed by atoms with Crippen LogP contribution in [-0.2, 0) is 33.3 Å². The number of nitrogens with zero attached hydrogens (tertiary/aromatic N) is 4. The highest BCUT2D eigenvalue weighted by molar-refractivity contribution is 7.86. The third-order valence-corrected chi connectivity index (χ3v) is 8.80. The Morgan fingerprint density at radius 3 is 2.09 bits per heavy atom. The molecule has 5 aromatic rings. The second-order valence-electron chi connectivity index (χ2n) is 9.80. The van der Waals surface area contributed by atoms with Crippen LogP contribution in [0, 0.1) is 0 Å². The number of aromatic hydroxyl groups is 1. The minimum absolute atomic E-state index is 0.0533. The molecule has 45 heavy (non-hydrogen) atoms. The van der Waals surface area contributed by atoms with E-state index >= 15 is 0 Å². The highest BCUT2D eigenvalue weighted by atomic mass is 32.2. The SMILES string of the molecule is CCc1ccc2c(O)c(N=Nc3cc(CO)c(N=Nc4cc(S(=O)(=O)O)c5cccc(S(=O)(=O)O)c5c4)cc3OC)ccc2c1. The van der Waals surface area contributed by atoms with E-state index in [2.05, 4.69) is 20.5 Å². The topological polar surface area (TPSA) is 208 Å². The van der Waals surface area contributed by atoms with Crippen molar-refractivity contribution in [2.75, 3.05) is 7.11 Å². The van der Waals surface area contributed by atoms with E-state index in [1.807, 2.05) is 31.2 Å². The highest BCUT2D eigenvalue weighted by Crippen LogP contribution is 2.40. The van der Waals surface area contributed by atoms with Crippen LogP contribution in [0.4, 0.5) is 22.7 Å². The average Bonchev–Trinajstić information content (AvgIpc) is 3.01. The zero-order valence-corrected chi connectivity index (χ0v) is 25.4. The van der Waals surface area contributed by atoms with Crippen LogP contribution in [0.2, 0.25) is 0 Å². The number of methoxy groups -OCH3 is 1. The van der Waals surface area contributed by atoms with Crippen molar-refractivity contribution >= 4 is 64.5 Å². The monoisotopic (exact) mass is 650 g/mol. The molecule has 0 amide bonds. The van der Waals surface area contributed by atoms with E-state index in [4.69, 9.17) is 4.74 Å². The zero-order valence-electron chi connectivity index (χ0n) is 23.8. The van der Waals surface area contributed by atoms with Crippen LogP contribution in [0.25, 0.3) is 21.5 Å². The minimum Gasteiger partial charge on any atom is -0.505 e. The molecular weight excluding hydrogens is 624 g/mol. The van der Waals surface area contributed by atoms with Gasteiger partial charge >= 0.3 is 0 Å². The second-order valence-corrected chi connectivity index (χ2v) is 12.6. The summed E-state index contributed by atoms with van der Waals surface area (Å²) in [7, 11) is -8.26. The quantitative estimate of drug-likeness (QED) is 0.0947. The second kappa shape index (κ2) is 12.3. The molecule has 4 N–H and O–H groups in total. The summed E-state index contributed by atoms with van der Waals surface area (Å²) in [6, 6.07) is 17.7. The van der Waals surface area contributed by atoms with E-state index in [-0.39, 0.29) is 50.6 Å². The number of ether oxygens (including phenoxy) is 1. The number of phenolic OH excluding ortho intramolecular Hbond substituents is 1. The van der Waals surface area contributed by atoms with E-state index in [1.165, 1.54) is 37.4 Å². The molecule has 0 aliphatic carbocycles. The van der Waals surface area contributed by atoms with Gasteiger partial charge in [-0.15, -0.1) is 10.2 Å². The molecule has 0 fully saturated rings. The Morgan fingerprint density at radius 1 is 0.711 bits per heavy atom. The van der Waals surface area contributed by atoms with Crippen LogP contribution >= 0.6 is 0 Å². The Balaban J connectivity index is 1.55. The van der Waals surface area contributed by atoms with Gasteiger partial charge in [0.25, 0.3) is 20.2 Å². The van der Waals surface area contributed by atoms with Crippen LogP contribution in [0.1, 0.15) is 18.1 Å². The van der Waals surface area contributed by atoms with E-state index < -0.39 is 36.6 Å². The fraction of sp³-hybridized carbons (Fsp3) is 0.133. The predicted octanol–water partition coefficient (Wildman–Crippen LogP) is 7.09. The van der Waals surface area contributed by atoms with Crippen molar-refractivity contribution in [3.63, 3.8) is 0 Å². The van der Waals surface area contributed by atoms with Gasteiger partial charge < -0.3 is 14.9 Å². The zero-order chi connectivity index (χ0) is 32.5. The number of phenols is 1. The number of hydrogen-bond donors (Lipinski definition) is 4. The molecule has 0 unspecified atom stereocenters. The molecule has 0 aliphatic heterocycles.